The van der Waals surface area contributed by atoms with E-state index >= 15 is 0 Å². The molecule has 0 amide bonds. The van der Waals surface area contributed by atoms with E-state index in [1.807, 2.05) is 13.1 Å². The molecule has 0 bridgehead atoms. The van der Waals surface area contributed by atoms with Gasteiger partial charge in [0.1, 0.15) is 5.69 Å². The van der Waals surface area contributed by atoms with Gasteiger partial charge in [-0.15, -0.1) is 0 Å². The zero-order chi connectivity index (χ0) is 10.1. The van der Waals surface area contributed by atoms with Gasteiger partial charge < -0.3 is 4.74 Å². The topological polar surface area (TPSA) is 52.8 Å². The lowest BCUT2D eigenvalue weighted by Crippen LogP contribution is -1.94. The molecule has 0 aliphatic carbocycles. The van der Waals surface area contributed by atoms with Crippen LogP contribution in [-0.2, 0) is 7.05 Å². The first-order valence-electron chi connectivity index (χ1n) is 3.78. The summed E-state index contributed by atoms with van der Waals surface area (Å²) < 4.78 is 11.4. The zero-order valence-electron chi connectivity index (χ0n) is 7.56. The third kappa shape index (κ3) is 1.64. The molecule has 2 rings (SSSR count). The van der Waals surface area contributed by atoms with Crippen LogP contribution in [0, 0.1) is 0 Å². The van der Waals surface area contributed by atoms with Crippen LogP contribution in [0.5, 0.6) is 5.88 Å². The summed E-state index contributed by atoms with van der Waals surface area (Å²) >= 11 is 4.49. The molecular weight excluding hydrogens is 268 g/mol. The fourth-order valence-corrected chi connectivity index (χ4v) is 2.09. The van der Waals surface area contributed by atoms with E-state index in [1.165, 1.54) is 11.5 Å². The van der Waals surface area contributed by atoms with Crippen molar-refractivity contribution in [3.8, 4) is 16.6 Å². The lowest BCUT2D eigenvalue weighted by atomic mass is 10.4. The van der Waals surface area contributed by atoms with Gasteiger partial charge in [0.15, 0.2) is 5.01 Å². The Bertz CT molecular complexity index is 452. The highest BCUT2D eigenvalue weighted by Crippen LogP contribution is 2.25. The molecular formula is C7H7BrN4OS. The van der Waals surface area contributed by atoms with Gasteiger partial charge in [0.25, 0.3) is 0 Å². The van der Waals surface area contributed by atoms with E-state index < -0.39 is 0 Å². The van der Waals surface area contributed by atoms with Gasteiger partial charge in [-0.1, -0.05) is 0 Å². The quantitative estimate of drug-likeness (QED) is 0.837. The van der Waals surface area contributed by atoms with Gasteiger partial charge in [-0.25, -0.2) is 9.67 Å². The molecule has 2 heterocycles. The first-order chi connectivity index (χ1) is 6.70. The lowest BCUT2D eigenvalue weighted by molar-refractivity contribution is 0.373. The summed E-state index contributed by atoms with van der Waals surface area (Å²) in [6, 6.07) is 1.83. The maximum Gasteiger partial charge on any atom is 0.211 e. The van der Waals surface area contributed by atoms with Gasteiger partial charge in [0, 0.05) is 13.1 Å². The Hall–Kier alpha value is -0.950. The van der Waals surface area contributed by atoms with Crippen LogP contribution in [-0.4, -0.2) is 26.2 Å². The number of hydrogen-bond acceptors (Lipinski definition) is 5. The molecule has 7 heteroatoms. The summed E-state index contributed by atoms with van der Waals surface area (Å²) in [4.78, 5) is 4.16. The van der Waals surface area contributed by atoms with Crippen molar-refractivity contribution in [2.45, 2.75) is 0 Å². The molecule has 0 aromatic carbocycles. The molecule has 0 radical (unpaired) electrons. The SMILES string of the molecule is COc1cc(-c2nc(Br)ns2)nn1C. The van der Waals surface area contributed by atoms with Crippen LogP contribution < -0.4 is 4.74 Å². The molecule has 5 nitrogen and oxygen atoms in total. The number of hydrogen-bond donors (Lipinski definition) is 0. The average Bonchev–Trinajstić information content (AvgIpc) is 2.71. The number of halogens is 1. The van der Waals surface area contributed by atoms with E-state index in [4.69, 9.17) is 4.74 Å². The fourth-order valence-electron chi connectivity index (χ4n) is 1.06. The van der Waals surface area contributed by atoms with Crippen molar-refractivity contribution in [2.75, 3.05) is 7.11 Å². The molecule has 0 aliphatic rings. The van der Waals surface area contributed by atoms with E-state index in [9.17, 15) is 0 Å². The number of rotatable bonds is 2. The Morgan fingerprint density at radius 1 is 1.57 bits per heavy atom. The average molecular weight is 275 g/mol. The van der Waals surface area contributed by atoms with Crippen LogP contribution in [0.3, 0.4) is 0 Å². The van der Waals surface area contributed by atoms with Gasteiger partial charge in [-0.2, -0.15) is 9.47 Å². The van der Waals surface area contributed by atoms with Crippen LogP contribution in [0.2, 0.25) is 0 Å². The molecule has 0 spiro atoms. The summed E-state index contributed by atoms with van der Waals surface area (Å²) in [6.45, 7) is 0. The van der Waals surface area contributed by atoms with Crippen molar-refractivity contribution >= 4 is 27.5 Å². The predicted octanol–water partition coefficient (Wildman–Crippen LogP) is 1.71. The van der Waals surface area contributed by atoms with Crippen LogP contribution in [0.4, 0.5) is 0 Å². The Kier molecular flexibility index (Phi) is 2.51. The Balaban J connectivity index is 2.42. The van der Waals surface area contributed by atoms with E-state index in [-0.39, 0.29) is 0 Å². The third-order valence-corrected chi connectivity index (χ3v) is 2.99. The zero-order valence-corrected chi connectivity index (χ0v) is 9.96. The van der Waals surface area contributed by atoms with Gasteiger partial charge in [0.2, 0.25) is 10.6 Å². The Morgan fingerprint density at radius 2 is 2.36 bits per heavy atom. The first kappa shape index (κ1) is 9.60. The van der Waals surface area contributed by atoms with Crippen molar-refractivity contribution < 1.29 is 4.74 Å². The summed E-state index contributed by atoms with van der Waals surface area (Å²) in [7, 11) is 3.43. The van der Waals surface area contributed by atoms with E-state index in [1.54, 1.807) is 11.8 Å². The molecule has 0 saturated heterocycles. The smallest absolute Gasteiger partial charge is 0.211 e. The third-order valence-electron chi connectivity index (χ3n) is 1.67. The normalized spacial score (nSPS) is 10.5. The molecule has 74 valence electrons. The second kappa shape index (κ2) is 3.66. The summed E-state index contributed by atoms with van der Waals surface area (Å²) in [5.41, 5.74) is 0.771. The Labute approximate surface area is 93.0 Å². The van der Waals surface area contributed by atoms with Crippen molar-refractivity contribution in [2.24, 2.45) is 7.05 Å². The lowest BCUT2D eigenvalue weighted by Gasteiger charge is -1.95. The van der Waals surface area contributed by atoms with Gasteiger partial charge in [0.05, 0.1) is 7.11 Å². The predicted molar refractivity (Wildman–Crippen MR) is 56.4 cm³/mol. The van der Waals surface area contributed by atoms with Crippen LogP contribution in [0.25, 0.3) is 10.7 Å². The van der Waals surface area contributed by atoms with Gasteiger partial charge >= 0.3 is 0 Å². The molecule has 0 unspecified atom stereocenters. The second-order valence-electron chi connectivity index (χ2n) is 2.56. The molecule has 0 fully saturated rings. The highest BCUT2D eigenvalue weighted by Gasteiger charge is 2.11. The minimum Gasteiger partial charge on any atom is -0.481 e. The van der Waals surface area contributed by atoms with E-state index in [0.717, 1.165) is 10.7 Å². The number of aromatic nitrogens is 4. The highest BCUT2D eigenvalue weighted by molar-refractivity contribution is 9.10. The molecule has 0 aliphatic heterocycles. The maximum absolute atomic E-state index is 5.10. The highest BCUT2D eigenvalue weighted by atomic mass is 79.9. The van der Waals surface area contributed by atoms with Crippen LogP contribution >= 0.6 is 27.5 Å². The summed E-state index contributed by atoms with van der Waals surface area (Å²) in [5, 5.41) is 5.02. The number of nitrogens with zero attached hydrogens (tertiary/aromatic N) is 4. The molecule has 14 heavy (non-hydrogen) atoms. The Morgan fingerprint density at radius 3 is 2.86 bits per heavy atom. The number of ether oxygens (including phenoxy) is 1. The minimum atomic E-state index is 0.585. The first-order valence-corrected chi connectivity index (χ1v) is 5.35. The molecule has 0 atom stereocenters. The fraction of sp³-hybridized carbons (Fsp3) is 0.286. The van der Waals surface area contributed by atoms with Crippen LogP contribution in [0.15, 0.2) is 10.8 Å². The standard InChI is InChI=1S/C7H7BrN4OS/c1-12-5(13-2)3-4(10-12)6-9-7(8)11-14-6/h3H,1-2H3. The van der Waals surface area contributed by atoms with E-state index in [0.29, 0.717) is 10.6 Å². The van der Waals surface area contributed by atoms with Crippen molar-refractivity contribution in [1.29, 1.82) is 0 Å². The minimum absolute atomic E-state index is 0.585. The monoisotopic (exact) mass is 274 g/mol. The van der Waals surface area contributed by atoms with Crippen molar-refractivity contribution in [1.82, 2.24) is 19.1 Å². The maximum atomic E-state index is 5.10. The summed E-state index contributed by atoms with van der Waals surface area (Å²) in [6.07, 6.45) is 0. The molecule has 0 N–H and O–H groups in total. The second-order valence-corrected chi connectivity index (χ2v) is 4.03. The number of aryl methyl sites for hydroxylation is 1. The largest absolute Gasteiger partial charge is 0.481 e. The van der Waals surface area contributed by atoms with Crippen LogP contribution in [0.1, 0.15) is 0 Å². The van der Waals surface area contributed by atoms with E-state index in [2.05, 4.69) is 30.4 Å². The van der Waals surface area contributed by atoms with Crippen molar-refractivity contribution in [3.63, 3.8) is 0 Å². The van der Waals surface area contributed by atoms with Gasteiger partial charge in [-0.3, -0.25) is 0 Å². The number of methoxy groups -OCH3 is 1. The molecule has 2 aromatic rings. The van der Waals surface area contributed by atoms with Gasteiger partial charge in [-0.05, 0) is 27.5 Å². The van der Waals surface area contributed by atoms with Crippen molar-refractivity contribution in [3.05, 3.63) is 10.8 Å². The summed E-state index contributed by atoms with van der Waals surface area (Å²) in [5.74, 6) is 0.700. The molecule has 0 saturated carbocycles. The molecule has 2 aromatic heterocycles.